The maximum Gasteiger partial charge on any atom is 0.380 e. The van der Waals surface area contributed by atoms with Crippen molar-refractivity contribution >= 4 is 11.8 Å². The first kappa shape index (κ1) is 26.2. The average Bonchev–Trinajstić information content (AvgIpc) is 2.97. The molecule has 2 aromatic carbocycles. The second kappa shape index (κ2) is 12.4. The van der Waals surface area contributed by atoms with Gasteiger partial charge in [-0.1, -0.05) is 100 Å². The van der Waals surface area contributed by atoms with Gasteiger partial charge in [-0.3, -0.25) is 4.79 Å². The molecule has 3 aliphatic carbocycles. The van der Waals surface area contributed by atoms with Crippen molar-refractivity contribution in [2.75, 3.05) is 0 Å². The van der Waals surface area contributed by atoms with Gasteiger partial charge in [0.2, 0.25) is 0 Å². The molecular formula is C34H44O3. The van der Waals surface area contributed by atoms with Gasteiger partial charge >= 0.3 is 5.97 Å². The molecule has 3 heteroatoms. The standard InChI is InChI=1S/C34H44O3/c1-24(37-34(36)33(35)28-20-12-5-13-21-28)32-30(26-16-8-3-9-17-26)22-29(25-14-6-2-7-15-25)23-31(32)27-18-10-4-11-19-27/h5,12-13,20-27H,2-4,6-11,14-19H2,1H3/t24-/m1/s1. The number of benzene rings is 2. The summed E-state index contributed by atoms with van der Waals surface area (Å²) in [5, 5.41) is 0. The smallest absolute Gasteiger partial charge is 0.380 e. The molecule has 3 nitrogen and oxygen atoms in total. The van der Waals surface area contributed by atoms with Crippen LogP contribution in [0.4, 0.5) is 0 Å². The maximum atomic E-state index is 13.0. The Morgan fingerprint density at radius 1 is 0.676 bits per heavy atom. The van der Waals surface area contributed by atoms with Crippen LogP contribution in [0, 0.1) is 0 Å². The number of hydrogen-bond acceptors (Lipinski definition) is 3. The topological polar surface area (TPSA) is 43.4 Å². The lowest BCUT2D eigenvalue weighted by Gasteiger charge is -2.34. The molecule has 37 heavy (non-hydrogen) atoms. The first-order valence-electron chi connectivity index (χ1n) is 15.1. The summed E-state index contributed by atoms with van der Waals surface area (Å²) in [6.45, 7) is 2.00. The van der Waals surface area contributed by atoms with E-state index in [0.717, 1.165) is 0 Å². The molecule has 0 spiro atoms. The summed E-state index contributed by atoms with van der Waals surface area (Å²) in [6, 6.07) is 13.8. The molecule has 0 saturated heterocycles. The van der Waals surface area contributed by atoms with Crippen LogP contribution in [-0.2, 0) is 9.53 Å². The van der Waals surface area contributed by atoms with Gasteiger partial charge in [0.15, 0.2) is 0 Å². The molecule has 0 N–H and O–H groups in total. The Balaban J connectivity index is 1.53. The number of rotatable bonds is 7. The fraction of sp³-hybridized carbons (Fsp3) is 0.588. The van der Waals surface area contributed by atoms with Gasteiger partial charge in [-0.05, 0) is 85.5 Å². The fourth-order valence-corrected chi connectivity index (χ4v) is 7.35. The minimum absolute atomic E-state index is 0.396. The van der Waals surface area contributed by atoms with Crippen LogP contribution in [0.1, 0.15) is 160 Å². The number of Topliss-reactive ketones (excluding diaryl/α,β-unsaturated/α-hetero) is 1. The van der Waals surface area contributed by atoms with E-state index in [1.807, 2.05) is 13.0 Å². The van der Waals surface area contributed by atoms with E-state index in [0.29, 0.717) is 23.3 Å². The lowest BCUT2D eigenvalue weighted by atomic mass is 9.72. The van der Waals surface area contributed by atoms with Crippen LogP contribution < -0.4 is 0 Å². The van der Waals surface area contributed by atoms with E-state index in [4.69, 9.17) is 4.74 Å². The molecule has 3 aliphatic rings. The highest BCUT2D eigenvalue weighted by molar-refractivity contribution is 6.40. The van der Waals surface area contributed by atoms with Gasteiger partial charge in [-0.25, -0.2) is 4.79 Å². The Morgan fingerprint density at radius 2 is 1.14 bits per heavy atom. The van der Waals surface area contributed by atoms with Crippen LogP contribution in [0.5, 0.6) is 0 Å². The van der Waals surface area contributed by atoms with Crippen molar-refractivity contribution in [2.45, 2.75) is 127 Å². The van der Waals surface area contributed by atoms with Crippen LogP contribution in [0.15, 0.2) is 42.5 Å². The second-order valence-corrected chi connectivity index (χ2v) is 11.9. The number of ketones is 1. The molecule has 198 valence electrons. The average molecular weight is 501 g/mol. The highest BCUT2D eigenvalue weighted by Crippen LogP contribution is 2.46. The monoisotopic (exact) mass is 500 g/mol. The molecule has 0 unspecified atom stereocenters. The van der Waals surface area contributed by atoms with Gasteiger partial charge in [-0.15, -0.1) is 0 Å². The molecule has 0 amide bonds. The highest BCUT2D eigenvalue weighted by Gasteiger charge is 2.32. The van der Waals surface area contributed by atoms with Gasteiger partial charge in [-0.2, -0.15) is 0 Å². The lowest BCUT2D eigenvalue weighted by molar-refractivity contribution is -0.142. The lowest BCUT2D eigenvalue weighted by Crippen LogP contribution is -2.23. The molecule has 2 aromatic rings. The summed E-state index contributed by atoms with van der Waals surface area (Å²) >= 11 is 0. The van der Waals surface area contributed by atoms with E-state index >= 15 is 0 Å². The quantitative estimate of drug-likeness (QED) is 0.216. The first-order chi connectivity index (χ1) is 18.1. The van der Waals surface area contributed by atoms with Crippen molar-refractivity contribution in [2.24, 2.45) is 0 Å². The van der Waals surface area contributed by atoms with Crippen molar-refractivity contribution < 1.29 is 14.3 Å². The third kappa shape index (κ3) is 6.19. The van der Waals surface area contributed by atoms with Crippen molar-refractivity contribution in [3.63, 3.8) is 0 Å². The largest absolute Gasteiger partial charge is 0.452 e. The SMILES string of the molecule is C[C@@H](OC(=O)C(=O)c1ccccc1)c1c(C2CCCCC2)cc(C2CCCCC2)cc1C1CCCCC1. The molecule has 0 aromatic heterocycles. The molecule has 0 aliphatic heterocycles. The van der Waals surface area contributed by atoms with Crippen molar-refractivity contribution in [1.82, 2.24) is 0 Å². The van der Waals surface area contributed by atoms with Crippen LogP contribution in [0.3, 0.4) is 0 Å². The maximum absolute atomic E-state index is 13.0. The minimum atomic E-state index is -0.737. The Hall–Kier alpha value is -2.42. The number of ether oxygens (including phenoxy) is 1. The zero-order chi connectivity index (χ0) is 25.6. The number of carbonyl (C=O) groups is 2. The number of carbonyl (C=O) groups excluding carboxylic acids is 2. The normalized spacial score (nSPS) is 20.9. The number of esters is 1. The third-order valence-corrected chi connectivity index (χ3v) is 9.34. The zero-order valence-electron chi connectivity index (χ0n) is 22.7. The van der Waals surface area contributed by atoms with E-state index in [9.17, 15) is 9.59 Å². The van der Waals surface area contributed by atoms with Crippen molar-refractivity contribution in [3.8, 4) is 0 Å². The summed E-state index contributed by atoms with van der Waals surface area (Å²) in [4.78, 5) is 25.9. The van der Waals surface area contributed by atoms with Gasteiger partial charge in [0.1, 0.15) is 6.10 Å². The highest BCUT2D eigenvalue weighted by atomic mass is 16.5. The van der Waals surface area contributed by atoms with Crippen LogP contribution in [0.25, 0.3) is 0 Å². The second-order valence-electron chi connectivity index (χ2n) is 11.9. The zero-order valence-corrected chi connectivity index (χ0v) is 22.7. The van der Waals surface area contributed by atoms with E-state index in [2.05, 4.69) is 12.1 Å². The summed E-state index contributed by atoms with van der Waals surface area (Å²) in [5.41, 5.74) is 6.01. The third-order valence-electron chi connectivity index (χ3n) is 9.34. The van der Waals surface area contributed by atoms with Gasteiger partial charge < -0.3 is 4.74 Å². The Morgan fingerprint density at radius 3 is 1.62 bits per heavy atom. The summed E-state index contributed by atoms with van der Waals surface area (Å²) in [6.07, 6.45) is 18.8. The molecule has 0 bridgehead atoms. The van der Waals surface area contributed by atoms with Gasteiger partial charge in [0, 0.05) is 5.56 Å². The Kier molecular flexibility index (Phi) is 8.79. The minimum Gasteiger partial charge on any atom is -0.452 e. The van der Waals surface area contributed by atoms with E-state index < -0.39 is 17.9 Å². The number of hydrogen-bond donors (Lipinski definition) is 0. The Labute approximate surface area is 223 Å². The molecule has 5 rings (SSSR count). The van der Waals surface area contributed by atoms with Crippen LogP contribution >= 0.6 is 0 Å². The molecular weight excluding hydrogens is 456 g/mol. The molecule has 3 saturated carbocycles. The predicted octanol–water partition coefficient (Wildman–Crippen LogP) is 9.32. The van der Waals surface area contributed by atoms with E-state index in [-0.39, 0.29) is 0 Å². The van der Waals surface area contributed by atoms with Crippen molar-refractivity contribution in [1.29, 1.82) is 0 Å². The predicted molar refractivity (Wildman–Crippen MR) is 149 cm³/mol. The van der Waals surface area contributed by atoms with Gasteiger partial charge in [0.05, 0.1) is 0 Å². The molecule has 1 atom stereocenters. The van der Waals surface area contributed by atoms with Crippen molar-refractivity contribution in [3.05, 3.63) is 70.3 Å². The fourth-order valence-electron chi connectivity index (χ4n) is 7.35. The summed E-state index contributed by atoms with van der Waals surface area (Å²) in [5.74, 6) is 0.426. The van der Waals surface area contributed by atoms with E-state index in [1.54, 1.807) is 24.3 Å². The first-order valence-corrected chi connectivity index (χ1v) is 15.1. The van der Waals surface area contributed by atoms with Gasteiger partial charge in [0.25, 0.3) is 5.78 Å². The Bertz CT molecular complexity index is 1010. The molecule has 0 heterocycles. The van der Waals surface area contributed by atoms with E-state index in [1.165, 1.54) is 119 Å². The summed E-state index contributed by atoms with van der Waals surface area (Å²) in [7, 11) is 0. The molecule has 0 radical (unpaired) electrons. The summed E-state index contributed by atoms with van der Waals surface area (Å²) < 4.78 is 6.01. The van der Waals surface area contributed by atoms with Crippen LogP contribution in [0.2, 0.25) is 0 Å². The molecule has 3 fully saturated rings. The van der Waals surface area contributed by atoms with Crippen LogP contribution in [-0.4, -0.2) is 11.8 Å².